The van der Waals surface area contributed by atoms with Crippen molar-refractivity contribution in [1.82, 2.24) is 9.88 Å². The van der Waals surface area contributed by atoms with E-state index in [9.17, 15) is 10.1 Å². The summed E-state index contributed by atoms with van der Waals surface area (Å²) in [5.74, 6) is 0.0419. The molecule has 1 aromatic heterocycles. The number of para-hydroxylation sites is 1. The fourth-order valence-electron chi connectivity index (χ4n) is 2.68. The van der Waals surface area contributed by atoms with E-state index in [1.807, 2.05) is 12.1 Å². The highest BCUT2D eigenvalue weighted by molar-refractivity contribution is 5.81. The summed E-state index contributed by atoms with van der Waals surface area (Å²) in [4.78, 5) is 10.1. The van der Waals surface area contributed by atoms with Gasteiger partial charge in [0.05, 0.1) is 4.92 Å². The van der Waals surface area contributed by atoms with Gasteiger partial charge in [0.2, 0.25) is 6.20 Å². The van der Waals surface area contributed by atoms with Crippen LogP contribution >= 0.6 is 0 Å². The first-order valence-corrected chi connectivity index (χ1v) is 6.36. The molecule has 0 aliphatic carbocycles. The van der Waals surface area contributed by atoms with Gasteiger partial charge in [-0.05, 0) is 23.6 Å². The van der Waals surface area contributed by atoms with Crippen molar-refractivity contribution < 1.29 is 4.92 Å². The Morgan fingerprint density at radius 3 is 3.11 bits per heavy atom. The molecule has 2 heterocycles. The average Bonchev–Trinajstić information content (AvgIpc) is 2.65. The Morgan fingerprint density at radius 1 is 1.42 bits per heavy atom. The Bertz CT molecular complexity index is 645. The maximum absolute atomic E-state index is 10.5. The van der Waals surface area contributed by atoms with Crippen LogP contribution in [0, 0.1) is 10.1 Å². The first-order chi connectivity index (χ1) is 9.25. The number of aromatic nitrogens is 1. The molecule has 1 aliphatic heterocycles. The first kappa shape index (κ1) is 11.9. The zero-order valence-electron chi connectivity index (χ0n) is 10.5. The highest BCUT2D eigenvalue weighted by atomic mass is 16.6. The van der Waals surface area contributed by atoms with Gasteiger partial charge in [-0.1, -0.05) is 18.2 Å². The van der Waals surface area contributed by atoms with E-state index in [1.54, 1.807) is 6.08 Å². The molecule has 5 heteroatoms. The molecule has 1 aliphatic rings. The van der Waals surface area contributed by atoms with Crippen molar-refractivity contribution in [3.63, 3.8) is 0 Å². The summed E-state index contributed by atoms with van der Waals surface area (Å²) in [5, 5.41) is 15.0. The van der Waals surface area contributed by atoms with Gasteiger partial charge in [0, 0.05) is 36.8 Å². The maximum atomic E-state index is 10.5. The van der Waals surface area contributed by atoms with E-state index in [0.717, 1.165) is 31.5 Å². The second-order valence-corrected chi connectivity index (χ2v) is 4.72. The predicted molar refractivity (Wildman–Crippen MR) is 73.7 cm³/mol. The molecule has 1 aromatic carbocycles. The molecule has 98 valence electrons. The molecule has 5 nitrogen and oxygen atoms in total. The summed E-state index contributed by atoms with van der Waals surface area (Å²) in [6, 6.07) is 10.4. The molecule has 19 heavy (non-hydrogen) atoms. The second kappa shape index (κ2) is 4.85. The quantitative estimate of drug-likeness (QED) is 0.662. The van der Waals surface area contributed by atoms with Crippen LogP contribution in [0.5, 0.6) is 0 Å². The van der Waals surface area contributed by atoms with E-state index in [-0.39, 0.29) is 5.92 Å². The van der Waals surface area contributed by atoms with Gasteiger partial charge in [0.25, 0.3) is 0 Å². The van der Waals surface area contributed by atoms with E-state index < -0.39 is 4.92 Å². The lowest BCUT2D eigenvalue weighted by Crippen LogP contribution is -2.19. The monoisotopic (exact) mass is 257 g/mol. The Kier molecular flexibility index (Phi) is 3.05. The first-order valence-electron chi connectivity index (χ1n) is 6.36. The summed E-state index contributed by atoms with van der Waals surface area (Å²) >= 11 is 0. The van der Waals surface area contributed by atoms with Crippen LogP contribution in [-0.2, 0) is 6.54 Å². The molecule has 0 saturated heterocycles. The van der Waals surface area contributed by atoms with Gasteiger partial charge in [-0.15, -0.1) is 0 Å². The van der Waals surface area contributed by atoms with Crippen molar-refractivity contribution >= 4 is 10.9 Å². The number of hydrogen-bond acceptors (Lipinski definition) is 3. The third-order valence-corrected chi connectivity index (χ3v) is 3.54. The van der Waals surface area contributed by atoms with E-state index >= 15 is 0 Å². The normalized spacial score (nSPS) is 19.5. The van der Waals surface area contributed by atoms with Gasteiger partial charge >= 0.3 is 0 Å². The third kappa shape index (κ3) is 2.24. The minimum absolute atomic E-state index is 0.0419. The van der Waals surface area contributed by atoms with Gasteiger partial charge in [0.1, 0.15) is 0 Å². The van der Waals surface area contributed by atoms with E-state index in [1.165, 1.54) is 10.9 Å². The van der Waals surface area contributed by atoms with E-state index in [4.69, 9.17) is 0 Å². The third-order valence-electron chi connectivity index (χ3n) is 3.54. The number of fused-ring (bicyclic) bond motifs is 3. The fourth-order valence-corrected chi connectivity index (χ4v) is 2.68. The van der Waals surface area contributed by atoms with Crippen molar-refractivity contribution in [2.45, 2.75) is 12.5 Å². The van der Waals surface area contributed by atoms with Crippen LogP contribution in [0.1, 0.15) is 11.6 Å². The molecule has 1 N–H and O–H groups in total. The second-order valence-electron chi connectivity index (χ2n) is 4.72. The van der Waals surface area contributed by atoms with Crippen molar-refractivity contribution in [2.24, 2.45) is 0 Å². The zero-order valence-corrected chi connectivity index (χ0v) is 10.5. The molecule has 3 rings (SSSR count). The molecule has 1 unspecified atom stereocenters. The predicted octanol–water partition coefficient (Wildman–Crippen LogP) is 2.12. The molecule has 0 spiro atoms. The van der Waals surface area contributed by atoms with Crippen molar-refractivity contribution in [1.29, 1.82) is 0 Å². The highest BCUT2D eigenvalue weighted by Gasteiger charge is 2.19. The summed E-state index contributed by atoms with van der Waals surface area (Å²) in [6.07, 6.45) is 2.71. The summed E-state index contributed by atoms with van der Waals surface area (Å²) in [7, 11) is 0. The molecule has 0 saturated carbocycles. The SMILES string of the molecule is O=[N+]([O-])/C=C/C1CNCCn2c1cc1ccccc12. The van der Waals surface area contributed by atoms with Crippen molar-refractivity contribution in [3.8, 4) is 0 Å². The highest BCUT2D eigenvalue weighted by Crippen LogP contribution is 2.27. The number of nitrogens with one attached hydrogen (secondary N) is 1. The molecule has 1 atom stereocenters. The van der Waals surface area contributed by atoms with Crippen molar-refractivity contribution in [2.75, 3.05) is 13.1 Å². The number of rotatable bonds is 2. The van der Waals surface area contributed by atoms with Crippen LogP contribution in [0.2, 0.25) is 0 Å². The van der Waals surface area contributed by atoms with Gasteiger partial charge in [0.15, 0.2) is 0 Å². The molecular weight excluding hydrogens is 242 g/mol. The molecule has 0 amide bonds. The maximum Gasteiger partial charge on any atom is 0.231 e. The van der Waals surface area contributed by atoms with Crippen LogP contribution in [-0.4, -0.2) is 22.6 Å². The number of benzene rings is 1. The molecule has 0 bridgehead atoms. The Hall–Kier alpha value is -2.14. The molecular formula is C14H15N3O2. The largest absolute Gasteiger partial charge is 0.343 e. The Labute approximate surface area is 110 Å². The van der Waals surface area contributed by atoms with E-state index in [0.29, 0.717) is 0 Å². The number of nitro groups is 1. The lowest BCUT2D eigenvalue weighted by molar-refractivity contribution is -0.402. The molecule has 0 radical (unpaired) electrons. The summed E-state index contributed by atoms with van der Waals surface area (Å²) in [5.41, 5.74) is 2.34. The Balaban J connectivity index is 2.09. The lowest BCUT2D eigenvalue weighted by Gasteiger charge is -2.10. The summed E-state index contributed by atoms with van der Waals surface area (Å²) in [6.45, 7) is 2.51. The van der Waals surface area contributed by atoms with Gasteiger partial charge in [-0.25, -0.2) is 0 Å². The lowest BCUT2D eigenvalue weighted by atomic mass is 10.1. The smallest absolute Gasteiger partial charge is 0.231 e. The van der Waals surface area contributed by atoms with Gasteiger partial charge in [-0.2, -0.15) is 0 Å². The van der Waals surface area contributed by atoms with Crippen molar-refractivity contribution in [3.05, 3.63) is 58.4 Å². The molecule has 0 fully saturated rings. The molecule has 2 aromatic rings. The minimum atomic E-state index is -0.405. The van der Waals surface area contributed by atoms with Crippen LogP contribution in [0.25, 0.3) is 10.9 Å². The van der Waals surface area contributed by atoms with Gasteiger partial charge < -0.3 is 9.88 Å². The van der Waals surface area contributed by atoms with Crippen LogP contribution in [0.4, 0.5) is 0 Å². The minimum Gasteiger partial charge on any atom is -0.343 e. The fraction of sp³-hybridized carbons (Fsp3) is 0.286. The summed E-state index contributed by atoms with van der Waals surface area (Å²) < 4.78 is 2.25. The number of hydrogen-bond donors (Lipinski definition) is 1. The van der Waals surface area contributed by atoms with Crippen LogP contribution in [0.3, 0.4) is 0 Å². The Morgan fingerprint density at radius 2 is 2.26 bits per heavy atom. The standard InChI is InChI=1S/C14H15N3O2/c18-17(19)7-5-12-10-15-6-8-16-13-4-2-1-3-11(13)9-14(12)16/h1-5,7,9,12,15H,6,8,10H2/b7-5+. The number of nitrogens with zero attached hydrogens (tertiary/aromatic N) is 2. The average molecular weight is 257 g/mol. The van der Waals surface area contributed by atoms with Crippen LogP contribution in [0.15, 0.2) is 42.6 Å². The van der Waals surface area contributed by atoms with Gasteiger partial charge in [-0.3, -0.25) is 10.1 Å². The zero-order chi connectivity index (χ0) is 13.2. The van der Waals surface area contributed by atoms with E-state index in [2.05, 4.69) is 28.1 Å². The topological polar surface area (TPSA) is 60.1 Å². The van der Waals surface area contributed by atoms with Crippen LogP contribution < -0.4 is 5.32 Å².